The molecule has 2 aromatic rings. The standard InChI is InChI=1S/C24H40N6O7Si2/c1-9-13-27-19(31)25(3)21(33)29(23(27)35)15-11-17-38(5,6)37-39(7,8)18-12-16-30-22(34)26(4)20(32)28(14-10-2)24(30)36/h9-10H,1-2,11-18H2,3-8H3. The summed E-state index contributed by atoms with van der Waals surface area (Å²) in [5.41, 5.74) is -3.96. The third-order valence-electron chi connectivity index (χ3n) is 6.49. The van der Waals surface area contributed by atoms with E-state index in [9.17, 15) is 28.8 Å². The number of hydrogen-bond donors (Lipinski definition) is 0. The van der Waals surface area contributed by atoms with Crippen LogP contribution >= 0.6 is 0 Å². The van der Waals surface area contributed by atoms with Crippen LogP contribution in [-0.4, -0.2) is 44.0 Å². The summed E-state index contributed by atoms with van der Waals surface area (Å²) < 4.78 is 12.6. The summed E-state index contributed by atoms with van der Waals surface area (Å²) in [6.45, 7) is 15.8. The second-order valence-electron chi connectivity index (χ2n) is 10.7. The van der Waals surface area contributed by atoms with E-state index >= 15 is 0 Å². The van der Waals surface area contributed by atoms with Crippen molar-refractivity contribution in [3.8, 4) is 0 Å². The third kappa shape index (κ3) is 7.42. The lowest BCUT2D eigenvalue weighted by Crippen LogP contribution is -2.53. The van der Waals surface area contributed by atoms with Gasteiger partial charge in [0.25, 0.3) is 0 Å². The van der Waals surface area contributed by atoms with Crippen LogP contribution in [0.1, 0.15) is 12.8 Å². The minimum Gasteiger partial charge on any atom is -0.455 e. The van der Waals surface area contributed by atoms with Gasteiger partial charge in [0.2, 0.25) is 0 Å². The fourth-order valence-electron chi connectivity index (χ4n) is 4.64. The summed E-state index contributed by atoms with van der Waals surface area (Å²) in [7, 11) is -1.73. The highest BCUT2D eigenvalue weighted by molar-refractivity contribution is 6.84. The number of rotatable bonds is 14. The smallest absolute Gasteiger partial charge is 0.336 e. The maximum absolute atomic E-state index is 12.7. The number of allylic oxidation sites excluding steroid dienone is 2. The Morgan fingerprint density at radius 3 is 1.21 bits per heavy atom. The number of hydrogen-bond acceptors (Lipinski definition) is 7. The van der Waals surface area contributed by atoms with Gasteiger partial charge in [-0.25, -0.2) is 56.2 Å². The van der Waals surface area contributed by atoms with Gasteiger partial charge in [-0.15, -0.1) is 13.2 Å². The molecule has 0 saturated heterocycles. The molecule has 0 aliphatic heterocycles. The number of aromatic nitrogens is 6. The average molecular weight is 581 g/mol. The second-order valence-corrected chi connectivity index (χ2v) is 19.6. The van der Waals surface area contributed by atoms with Crippen LogP contribution in [0.25, 0.3) is 0 Å². The van der Waals surface area contributed by atoms with Gasteiger partial charge in [-0.2, -0.15) is 0 Å². The van der Waals surface area contributed by atoms with Gasteiger partial charge in [-0.05, 0) is 51.1 Å². The SMILES string of the molecule is C=CCn1c(=O)n(C)c(=O)n(CCC[Si](C)(C)O[Si](C)(C)CCCn2c(=O)n(C)c(=O)n(CC=C)c2=O)c1=O. The molecular formula is C24H40N6O7Si2. The predicted molar refractivity (Wildman–Crippen MR) is 156 cm³/mol. The molecule has 0 spiro atoms. The van der Waals surface area contributed by atoms with Gasteiger partial charge in [-0.1, -0.05) is 12.2 Å². The quantitative estimate of drug-likeness (QED) is 0.226. The van der Waals surface area contributed by atoms with Gasteiger partial charge >= 0.3 is 34.1 Å². The van der Waals surface area contributed by atoms with Crippen LogP contribution in [0.3, 0.4) is 0 Å². The van der Waals surface area contributed by atoms with Crippen LogP contribution < -0.4 is 34.1 Å². The van der Waals surface area contributed by atoms with Gasteiger partial charge in [-0.3, -0.25) is 0 Å². The van der Waals surface area contributed by atoms with E-state index in [-0.39, 0.29) is 26.2 Å². The highest BCUT2D eigenvalue weighted by Crippen LogP contribution is 2.24. The molecule has 0 N–H and O–H groups in total. The minimum atomic E-state index is -2.21. The first kappa shape index (κ1) is 31.9. The molecule has 39 heavy (non-hydrogen) atoms. The molecule has 2 aromatic heterocycles. The molecule has 0 atom stereocenters. The van der Waals surface area contributed by atoms with Crippen molar-refractivity contribution in [2.45, 2.75) is 77.3 Å². The lowest BCUT2D eigenvalue weighted by atomic mass is 10.5. The molecular weight excluding hydrogens is 540 g/mol. The Balaban J connectivity index is 2.08. The average Bonchev–Trinajstić information content (AvgIpc) is 2.85. The van der Waals surface area contributed by atoms with Crippen molar-refractivity contribution in [2.24, 2.45) is 14.1 Å². The fourth-order valence-corrected chi connectivity index (χ4v) is 13.5. The van der Waals surface area contributed by atoms with Gasteiger partial charge in [0, 0.05) is 27.2 Å². The molecule has 0 aromatic carbocycles. The summed E-state index contributed by atoms with van der Waals surface area (Å²) in [5, 5.41) is 0. The zero-order valence-corrected chi connectivity index (χ0v) is 25.8. The van der Waals surface area contributed by atoms with Crippen LogP contribution in [0.4, 0.5) is 0 Å². The Morgan fingerprint density at radius 2 is 0.897 bits per heavy atom. The number of nitrogens with zero attached hydrogens (tertiary/aromatic N) is 6. The van der Waals surface area contributed by atoms with Crippen molar-refractivity contribution < 1.29 is 4.12 Å². The van der Waals surface area contributed by atoms with E-state index in [1.807, 2.05) is 0 Å². The van der Waals surface area contributed by atoms with Crippen LogP contribution in [0.2, 0.25) is 38.3 Å². The van der Waals surface area contributed by atoms with Crippen LogP contribution in [0, 0.1) is 0 Å². The highest BCUT2D eigenvalue weighted by atomic mass is 28.4. The zero-order valence-electron chi connectivity index (χ0n) is 23.8. The molecule has 0 amide bonds. The minimum absolute atomic E-state index is 0.0163. The van der Waals surface area contributed by atoms with Crippen molar-refractivity contribution in [3.05, 3.63) is 88.2 Å². The Kier molecular flexibility index (Phi) is 10.4. The van der Waals surface area contributed by atoms with Crippen LogP contribution in [0.5, 0.6) is 0 Å². The zero-order chi connectivity index (χ0) is 29.7. The summed E-state index contributed by atoms with van der Waals surface area (Å²) in [6, 6.07) is 1.37. The van der Waals surface area contributed by atoms with Gasteiger partial charge in [0.15, 0.2) is 16.6 Å². The Hall–Kier alpha value is -3.31. The van der Waals surface area contributed by atoms with E-state index < -0.39 is 50.8 Å². The normalized spacial score (nSPS) is 12.1. The second kappa shape index (κ2) is 12.7. The molecule has 0 aliphatic carbocycles. The molecule has 0 aliphatic rings. The van der Waals surface area contributed by atoms with E-state index in [1.54, 1.807) is 0 Å². The Labute approximate surface area is 227 Å². The van der Waals surface area contributed by atoms with Gasteiger partial charge in [0.05, 0.1) is 13.1 Å². The summed E-state index contributed by atoms with van der Waals surface area (Å²) in [6.07, 6.45) is 3.92. The predicted octanol–water partition coefficient (Wildman–Crippen LogP) is 0.0100. The Bertz CT molecular complexity index is 1470. The van der Waals surface area contributed by atoms with Gasteiger partial charge < -0.3 is 4.12 Å². The molecule has 0 saturated carbocycles. The van der Waals surface area contributed by atoms with E-state index in [4.69, 9.17) is 4.12 Å². The van der Waals surface area contributed by atoms with E-state index in [0.29, 0.717) is 24.9 Å². The molecule has 0 fully saturated rings. The summed E-state index contributed by atoms with van der Waals surface area (Å²) in [4.78, 5) is 74.9. The van der Waals surface area contributed by atoms with E-state index in [2.05, 4.69) is 39.3 Å². The molecule has 0 bridgehead atoms. The molecule has 13 nitrogen and oxygen atoms in total. The topological polar surface area (TPSA) is 141 Å². The largest absolute Gasteiger partial charge is 0.455 e. The first-order chi connectivity index (χ1) is 18.1. The Morgan fingerprint density at radius 1 is 0.590 bits per heavy atom. The van der Waals surface area contributed by atoms with Crippen LogP contribution in [-0.2, 0) is 44.4 Å². The van der Waals surface area contributed by atoms with E-state index in [0.717, 1.165) is 27.4 Å². The van der Waals surface area contributed by atoms with Crippen molar-refractivity contribution >= 4 is 16.6 Å². The van der Waals surface area contributed by atoms with Crippen LogP contribution in [0.15, 0.2) is 54.1 Å². The molecule has 2 rings (SSSR count). The molecule has 0 unspecified atom stereocenters. The third-order valence-corrected chi connectivity index (χ3v) is 14.0. The molecule has 2 heterocycles. The first-order valence-corrected chi connectivity index (χ1v) is 19.0. The monoisotopic (exact) mass is 580 g/mol. The van der Waals surface area contributed by atoms with E-state index in [1.165, 1.54) is 26.2 Å². The highest BCUT2D eigenvalue weighted by Gasteiger charge is 2.32. The lowest BCUT2D eigenvalue weighted by molar-refractivity contribution is 0.470. The molecule has 15 heteroatoms. The fraction of sp³-hybridized carbons (Fsp3) is 0.583. The van der Waals surface area contributed by atoms with Crippen molar-refractivity contribution in [1.29, 1.82) is 0 Å². The van der Waals surface area contributed by atoms with Gasteiger partial charge in [0.1, 0.15) is 0 Å². The van der Waals surface area contributed by atoms with Crippen molar-refractivity contribution in [3.63, 3.8) is 0 Å². The first-order valence-electron chi connectivity index (χ1n) is 12.8. The lowest BCUT2D eigenvalue weighted by Gasteiger charge is -2.34. The maximum atomic E-state index is 12.7. The molecule has 216 valence electrons. The maximum Gasteiger partial charge on any atom is 0.336 e. The molecule has 0 radical (unpaired) electrons. The summed E-state index contributed by atoms with van der Waals surface area (Å²) in [5.74, 6) is 0. The van der Waals surface area contributed by atoms with Crippen molar-refractivity contribution in [2.75, 3.05) is 0 Å². The summed E-state index contributed by atoms with van der Waals surface area (Å²) >= 11 is 0. The van der Waals surface area contributed by atoms with Crippen molar-refractivity contribution in [1.82, 2.24) is 27.4 Å².